The monoisotopic (exact) mass is 433 g/mol. The number of benzene rings is 2. The van der Waals surface area contributed by atoms with Crippen LogP contribution in [0.5, 0.6) is 0 Å². The molecule has 1 heterocycles. The minimum absolute atomic E-state index is 0.00399. The van der Waals surface area contributed by atoms with Crippen molar-refractivity contribution in [2.75, 3.05) is 7.05 Å². The van der Waals surface area contributed by atoms with Gasteiger partial charge in [-0.25, -0.2) is 8.42 Å². The van der Waals surface area contributed by atoms with Crippen LogP contribution in [-0.4, -0.2) is 29.9 Å². The van der Waals surface area contributed by atoms with Crippen LogP contribution in [0.2, 0.25) is 5.02 Å². The topological polar surface area (TPSA) is 76.3 Å². The molecular formula is C21H24ClN3O3S. The number of hydrogen-bond acceptors (Lipinski definition) is 5. The maximum atomic E-state index is 12.6. The minimum Gasteiger partial charge on any atom is -0.338 e. The summed E-state index contributed by atoms with van der Waals surface area (Å²) in [7, 11) is -2.07. The smallest absolute Gasteiger partial charge is 0.242 e. The Morgan fingerprint density at radius 2 is 1.79 bits per heavy atom. The van der Waals surface area contributed by atoms with E-state index in [2.05, 4.69) is 30.9 Å². The lowest BCUT2D eigenvalue weighted by Crippen LogP contribution is -2.27. The van der Waals surface area contributed by atoms with Crippen molar-refractivity contribution < 1.29 is 12.9 Å². The van der Waals surface area contributed by atoms with Gasteiger partial charge in [-0.2, -0.15) is 9.29 Å². The lowest BCUT2D eigenvalue weighted by molar-refractivity contribution is 0.336. The number of hydrogen-bond donors (Lipinski definition) is 0. The van der Waals surface area contributed by atoms with Gasteiger partial charge < -0.3 is 4.52 Å². The van der Waals surface area contributed by atoms with Gasteiger partial charge in [0.1, 0.15) is 0 Å². The summed E-state index contributed by atoms with van der Waals surface area (Å²) in [5, 5.41) is 4.48. The zero-order chi connectivity index (χ0) is 21.2. The van der Waals surface area contributed by atoms with E-state index in [1.54, 1.807) is 24.3 Å². The van der Waals surface area contributed by atoms with Gasteiger partial charge in [0.05, 0.1) is 12.3 Å². The molecule has 0 aliphatic carbocycles. The molecule has 0 aliphatic heterocycles. The predicted molar refractivity (Wildman–Crippen MR) is 114 cm³/mol. The summed E-state index contributed by atoms with van der Waals surface area (Å²) in [5.74, 6) is 0.512. The van der Waals surface area contributed by atoms with Crippen molar-refractivity contribution in [2.45, 2.75) is 38.5 Å². The molecule has 0 unspecified atom stereocenters. The second-order valence-electron chi connectivity index (χ2n) is 7.98. The molecule has 0 atom stereocenters. The Morgan fingerprint density at radius 3 is 2.41 bits per heavy atom. The Labute approximate surface area is 176 Å². The van der Waals surface area contributed by atoms with Crippen LogP contribution in [0.1, 0.15) is 37.8 Å². The van der Waals surface area contributed by atoms with Gasteiger partial charge in [-0.3, -0.25) is 0 Å². The van der Waals surface area contributed by atoms with Gasteiger partial charge in [-0.1, -0.05) is 73.9 Å². The summed E-state index contributed by atoms with van der Waals surface area (Å²) in [6.45, 7) is 6.44. The highest BCUT2D eigenvalue weighted by atomic mass is 35.5. The molecule has 2 aromatic carbocycles. The van der Waals surface area contributed by atoms with Gasteiger partial charge >= 0.3 is 0 Å². The maximum absolute atomic E-state index is 12.6. The average molecular weight is 434 g/mol. The van der Waals surface area contributed by atoms with Gasteiger partial charge in [0.25, 0.3) is 0 Å². The van der Waals surface area contributed by atoms with Gasteiger partial charge in [-0.15, -0.1) is 0 Å². The molecule has 0 spiro atoms. The van der Waals surface area contributed by atoms with E-state index in [-0.39, 0.29) is 23.6 Å². The van der Waals surface area contributed by atoms with Crippen molar-refractivity contribution in [3.63, 3.8) is 0 Å². The zero-order valence-electron chi connectivity index (χ0n) is 16.9. The van der Waals surface area contributed by atoms with Crippen LogP contribution in [0.25, 0.3) is 11.4 Å². The molecule has 29 heavy (non-hydrogen) atoms. The lowest BCUT2D eigenvalue weighted by atomic mass is 9.87. The third-order valence-corrected chi connectivity index (χ3v) is 6.56. The van der Waals surface area contributed by atoms with Crippen molar-refractivity contribution in [1.82, 2.24) is 14.4 Å². The standard InChI is InChI=1S/C21H24ClN3O3S/c1-21(2,3)17-10-8-16(9-11-17)20-23-19(28-24-20)13-25(4)29(26,27)14-15-6-5-7-18(22)12-15/h5-12H,13-14H2,1-4H3. The van der Waals surface area contributed by atoms with Crippen molar-refractivity contribution >= 4 is 21.6 Å². The molecule has 3 aromatic rings. The molecule has 0 fully saturated rings. The fourth-order valence-electron chi connectivity index (χ4n) is 2.79. The van der Waals surface area contributed by atoms with Crippen molar-refractivity contribution in [1.29, 1.82) is 0 Å². The Balaban J connectivity index is 1.70. The van der Waals surface area contributed by atoms with Crippen LogP contribution in [0.3, 0.4) is 0 Å². The van der Waals surface area contributed by atoms with E-state index < -0.39 is 10.0 Å². The molecule has 154 valence electrons. The molecule has 6 nitrogen and oxygen atoms in total. The van der Waals surface area contributed by atoms with Gasteiger partial charge in [0, 0.05) is 17.6 Å². The molecule has 0 radical (unpaired) electrons. The quantitative estimate of drug-likeness (QED) is 0.565. The van der Waals surface area contributed by atoms with Crippen LogP contribution in [-0.2, 0) is 27.7 Å². The fraction of sp³-hybridized carbons (Fsp3) is 0.333. The third kappa shape index (κ3) is 5.44. The van der Waals surface area contributed by atoms with E-state index in [9.17, 15) is 8.42 Å². The highest BCUT2D eigenvalue weighted by Crippen LogP contribution is 2.25. The first-order chi connectivity index (χ1) is 13.5. The van der Waals surface area contributed by atoms with E-state index in [1.807, 2.05) is 24.3 Å². The first kappa shape index (κ1) is 21.5. The number of sulfonamides is 1. The summed E-state index contributed by atoms with van der Waals surface area (Å²) in [6.07, 6.45) is 0. The number of halogens is 1. The summed E-state index contributed by atoms with van der Waals surface area (Å²) in [5.41, 5.74) is 2.70. The summed E-state index contributed by atoms with van der Waals surface area (Å²) < 4.78 is 31.7. The van der Waals surface area contributed by atoms with E-state index >= 15 is 0 Å². The Bertz CT molecular complexity index is 1090. The number of aromatic nitrogens is 2. The van der Waals surface area contributed by atoms with Crippen molar-refractivity contribution in [2.24, 2.45) is 0 Å². The highest BCUT2D eigenvalue weighted by molar-refractivity contribution is 7.88. The van der Waals surface area contributed by atoms with E-state index in [4.69, 9.17) is 16.1 Å². The lowest BCUT2D eigenvalue weighted by Gasteiger charge is -2.18. The number of nitrogens with zero attached hydrogens (tertiary/aromatic N) is 3. The highest BCUT2D eigenvalue weighted by Gasteiger charge is 2.22. The van der Waals surface area contributed by atoms with Crippen molar-refractivity contribution in [3.8, 4) is 11.4 Å². The molecule has 0 amide bonds. The summed E-state index contributed by atoms with van der Waals surface area (Å²) >= 11 is 5.94. The van der Waals surface area contributed by atoms with Crippen LogP contribution in [0, 0.1) is 0 Å². The van der Waals surface area contributed by atoms with Crippen LogP contribution >= 0.6 is 11.6 Å². The average Bonchev–Trinajstić information content (AvgIpc) is 3.09. The summed E-state index contributed by atoms with van der Waals surface area (Å²) in [6, 6.07) is 14.7. The molecule has 0 saturated heterocycles. The third-order valence-electron chi connectivity index (χ3n) is 4.55. The van der Waals surface area contributed by atoms with E-state index in [1.165, 1.54) is 16.9 Å². The van der Waals surface area contributed by atoms with Crippen LogP contribution < -0.4 is 0 Å². The van der Waals surface area contributed by atoms with Gasteiger partial charge in [0.15, 0.2) is 0 Å². The molecule has 3 rings (SSSR count). The number of rotatable bonds is 6. The Kier molecular flexibility index (Phi) is 6.12. The normalized spacial score (nSPS) is 12.5. The molecule has 0 saturated carbocycles. The van der Waals surface area contributed by atoms with E-state index in [0.717, 1.165) is 5.56 Å². The Morgan fingerprint density at radius 1 is 1.10 bits per heavy atom. The molecule has 0 aliphatic rings. The van der Waals surface area contributed by atoms with Gasteiger partial charge in [0.2, 0.25) is 21.7 Å². The second kappa shape index (κ2) is 8.26. The summed E-state index contributed by atoms with van der Waals surface area (Å²) in [4.78, 5) is 4.34. The maximum Gasteiger partial charge on any atom is 0.242 e. The van der Waals surface area contributed by atoms with Crippen molar-refractivity contribution in [3.05, 3.63) is 70.6 Å². The van der Waals surface area contributed by atoms with Crippen LogP contribution in [0.15, 0.2) is 53.1 Å². The van der Waals surface area contributed by atoms with Gasteiger partial charge in [-0.05, 0) is 28.7 Å². The SMILES string of the molecule is CN(Cc1nc(-c2ccc(C(C)(C)C)cc2)no1)S(=O)(=O)Cc1cccc(Cl)c1. The van der Waals surface area contributed by atoms with E-state index in [0.29, 0.717) is 16.4 Å². The Hall–Kier alpha value is -2.22. The molecule has 0 N–H and O–H groups in total. The molecular weight excluding hydrogens is 410 g/mol. The first-order valence-electron chi connectivity index (χ1n) is 9.16. The fourth-order valence-corrected chi connectivity index (χ4v) is 4.13. The largest absolute Gasteiger partial charge is 0.338 e. The van der Waals surface area contributed by atoms with Crippen LogP contribution in [0.4, 0.5) is 0 Å². The zero-order valence-corrected chi connectivity index (χ0v) is 18.5. The molecule has 0 bridgehead atoms. The minimum atomic E-state index is -3.56. The molecule has 1 aromatic heterocycles. The predicted octanol–water partition coefficient (Wildman–Crippen LogP) is 4.65. The second-order valence-corrected chi connectivity index (χ2v) is 10.5. The molecule has 8 heteroatoms. The first-order valence-corrected chi connectivity index (χ1v) is 11.2.